The molecule has 0 saturated heterocycles. The summed E-state index contributed by atoms with van der Waals surface area (Å²) >= 11 is 0. The second-order valence-electron chi connectivity index (χ2n) is 3.31. The van der Waals surface area contributed by atoms with Gasteiger partial charge in [0.25, 0.3) is 0 Å². The average molecular weight is 213 g/mol. The zero-order valence-electron chi connectivity index (χ0n) is 8.74. The summed E-state index contributed by atoms with van der Waals surface area (Å²) in [4.78, 5) is 0. The molecule has 15 heavy (non-hydrogen) atoms. The van der Waals surface area contributed by atoms with Gasteiger partial charge in [0.2, 0.25) is 0 Å². The lowest BCUT2D eigenvalue weighted by molar-refractivity contribution is 0.128. The van der Waals surface area contributed by atoms with E-state index in [0.717, 1.165) is 0 Å². The van der Waals surface area contributed by atoms with Gasteiger partial charge >= 0.3 is 0 Å². The Morgan fingerprint density at radius 3 is 2.80 bits per heavy atom. The standard InChI is InChI=1S/C11H16FNO2/c1-15-8-10(7-14)13-6-9-4-2-3-5-11(9)12/h2-5,10,13-14H,6-8H2,1H3. The van der Waals surface area contributed by atoms with E-state index in [4.69, 9.17) is 9.84 Å². The molecule has 2 N–H and O–H groups in total. The van der Waals surface area contributed by atoms with Crippen molar-refractivity contribution in [2.75, 3.05) is 20.3 Å². The van der Waals surface area contributed by atoms with E-state index in [9.17, 15) is 4.39 Å². The summed E-state index contributed by atoms with van der Waals surface area (Å²) in [5.41, 5.74) is 0.590. The summed E-state index contributed by atoms with van der Waals surface area (Å²) < 4.78 is 18.1. The number of ether oxygens (including phenoxy) is 1. The van der Waals surface area contributed by atoms with Crippen LogP contribution in [0.3, 0.4) is 0 Å². The van der Waals surface area contributed by atoms with Crippen molar-refractivity contribution in [2.45, 2.75) is 12.6 Å². The second-order valence-corrected chi connectivity index (χ2v) is 3.31. The first-order valence-electron chi connectivity index (χ1n) is 4.84. The van der Waals surface area contributed by atoms with Crippen molar-refractivity contribution in [3.8, 4) is 0 Å². The lowest BCUT2D eigenvalue weighted by Crippen LogP contribution is -2.36. The van der Waals surface area contributed by atoms with Crippen molar-refractivity contribution in [1.82, 2.24) is 5.32 Å². The predicted octanol–water partition coefficient (Wildman–Crippen LogP) is 0.923. The molecular weight excluding hydrogens is 197 g/mol. The van der Waals surface area contributed by atoms with Crippen molar-refractivity contribution in [3.05, 3.63) is 35.6 Å². The van der Waals surface area contributed by atoms with E-state index < -0.39 is 0 Å². The fraction of sp³-hybridized carbons (Fsp3) is 0.455. The van der Waals surface area contributed by atoms with Crippen LogP contribution >= 0.6 is 0 Å². The summed E-state index contributed by atoms with van der Waals surface area (Å²) in [5.74, 6) is -0.237. The highest BCUT2D eigenvalue weighted by molar-refractivity contribution is 5.16. The first-order valence-corrected chi connectivity index (χ1v) is 4.84. The van der Waals surface area contributed by atoms with Crippen LogP contribution in [0.25, 0.3) is 0 Å². The zero-order chi connectivity index (χ0) is 11.1. The number of nitrogens with one attached hydrogen (secondary N) is 1. The van der Waals surface area contributed by atoms with Gasteiger partial charge in [-0.15, -0.1) is 0 Å². The Morgan fingerprint density at radius 2 is 2.20 bits per heavy atom. The van der Waals surface area contributed by atoms with Crippen molar-refractivity contribution in [1.29, 1.82) is 0 Å². The van der Waals surface area contributed by atoms with Crippen LogP contribution in [0.4, 0.5) is 4.39 Å². The highest BCUT2D eigenvalue weighted by atomic mass is 19.1. The van der Waals surface area contributed by atoms with E-state index in [-0.39, 0.29) is 18.5 Å². The molecule has 84 valence electrons. The molecule has 1 aromatic rings. The van der Waals surface area contributed by atoms with E-state index >= 15 is 0 Å². The fourth-order valence-electron chi connectivity index (χ4n) is 1.27. The van der Waals surface area contributed by atoms with E-state index in [1.54, 1.807) is 25.3 Å². The van der Waals surface area contributed by atoms with Crippen molar-refractivity contribution in [3.63, 3.8) is 0 Å². The first kappa shape index (κ1) is 12.1. The smallest absolute Gasteiger partial charge is 0.127 e. The molecule has 1 rings (SSSR count). The molecule has 4 heteroatoms. The summed E-state index contributed by atoms with van der Waals surface area (Å²) in [7, 11) is 1.56. The van der Waals surface area contributed by atoms with Gasteiger partial charge < -0.3 is 15.2 Å². The topological polar surface area (TPSA) is 41.5 Å². The van der Waals surface area contributed by atoms with Crippen LogP contribution in [-0.4, -0.2) is 31.5 Å². The SMILES string of the molecule is COCC(CO)NCc1ccccc1F. The molecule has 1 unspecified atom stereocenters. The number of aliphatic hydroxyl groups is 1. The minimum Gasteiger partial charge on any atom is -0.395 e. The summed E-state index contributed by atoms with van der Waals surface area (Å²) in [6.45, 7) is 0.772. The molecular formula is C11H16FNO2. The van der Waals surface area contributed by atoms with Crippen LogP contribution in [0.5, 0.6) is 0 Å². The Balaban J connectivity index is 2.45. The predicted molar refractivity (Wildman–Crippen MR) is 56.0 cm³/mol. The summed E-state index contributed by atoms with van der Waals surface area (Å²) in [6, 6.07) is 6.40. The van der Waals surface area contributed by atoms with Crippen molar-refractivity contribution in [2.24, 2.45) is 0 Å². The molecule has 3 nitrogen and oxygen atoms in total. The largest absolute Gasteiger partial charge is 0.395 e. The molecule has 0 aliphatic rings. The molecule has 0 saturated carbocycles. The van der Waals surface area contributed by atoms with Gasteiger partial charge in [-0.2, -0.15) is 0 Å². The van der Waals surface area contributed by atoms with Crippen molar-refractivity contribution >= 4 is 0 Å². The highest BCUT2D eigenvalue weighted by Crippen LogP contribution is 2.05. The number of benzene rings is 1. The molecule has 0 aromatic heterocycles. The maximum absolute atomic E-state index is 13.2. The third kappa shape index (κ3) is 3.95. The fourth-order valence-corrected chi connectivity index (χ4v) is 1.27. The molecule has 1 atom stereocenters. The van der Waals surface area contributed by atoms with Gasteiger partial charge in [0.15, 0.2) is 0 Å². The van der Waals surface area contributed by atoms with Gasteiger partial charge in [0.1, 0.15) is 5.82 Å². The molecule has 1 aromatic carbocycles. The first-order chi connectivity index (χ1) is 7.27. The van der Waals surface area contributed by atoms with Crippen LogP contribution in [0, 0.1) is 5.82 Å². The zero-order valence-corrected chi connectivity index (χ0v) is 8.74. The third-order valence-electron chi connectivity index (χ3n) is 2.13. The number of halogens is 1. The Hall–Kier alpha value is -0.970. The van der Waals surface area contributed by atoms with Gasteiger partial charge in [-0.25, -0.2) is 4.39 Å². The minimum absolute atomic E-state index is 0.0255. The Labute approximate surface area is 88.9 Å². The van der Waals surface area contributed by atoms with Gasteiger partial charge in [0.05, 0.1) is 19.3 Å². The Bertz CT molecular complexity index is 294. The molecule has 0 spiro atoms. The highest BCUT2D eigenvalue weighted by Gasteiger charge is 2.07. The Kier molecular flexibility index (Phi) is 5.25. The Morgan fingerprint density at radius 1 is 1.47 bits per heavy atom. The molecule has 0 aliphatic carbocycles. The third-order valence-corrected chi connectivity index (χ3v) is 2.13. The van der Waals surface area contributed by atoms with E-state index in [1.165, 1.54) is 6.07 Å². The number of methoxy groups -OCH3 is 1. The van der Waals surface area contributed by atoms with Gasteiger partial charge in [-0.05, 0) is 6.07 Å². The van der Waals surface area contributed by atoms with Crippen LogP contribution in [0.15, 0.2) is 24.3 Å². The maximum atomic E-state index is 13.2. The second kappa shape index (κ2) is 6.50. The van der Waals surface area contributed by atoms with Gasteiger partial charge in [0, 0.05) is 19.2 Å². The molecule has 0 fully saturated rings. The van der Waals surface area contributed by atoms with Crippen LogP contribution in [0.2, 0.25) is 0 Å². The number of hydrogen-bond acceptors (Lipinski definition) is 3. The average Bonchev–Trinajstić information content (AvgIpc) is 2.26. The van der Waals surface area contributed by atoms with E-state index in [1.807, 2.05) is 0 Å². The van der Waals surface area contributed by atoms with Crippen LogP contribution in [0.1, 0.15) is 5.56 Å². The summed E-state index contributed by atoms with van der Waals surface area (Å²) in [5, 5.41) is 12.0. The number of rotatable bonds is 6. The number of aliphatic hydroxyl groups excluding tert-OH is 1. The van der Waals surface area contributed by atoms with Gasteiger partial charge in [-0.3, -0.25) is 0 Å². The monoisotopic (exact) mass is 213 g/mol. The number of hydrogen-bond donors (Lipinski definition) is 2. The summed E-state index contributed by atoms with van der Waals surface area (Å²) in [6.07, 6.45) is 0. The minimum atomic E-state index is -0.237. The molecule has 0 bridgehead atoms. The van der Waals surface area contributed by atoms with E-state index in [2.05, 4.69) is 5.32 Å². The van der Waals surface area contributed by atoms with Gasteiger partial charge in [-0.1, -0.05) is 18.2 Å². The van der Waals surface area contributed by atoms with E-state index in [0.29, 0.717) is 18.7 Å². The molecule has 0 aliphatic heterocycles. The van der Waals surface area contributed by atoms with Crippen LogP contribution in [-0.2, 0) is 11.3 Å². The lowest BCUT2D eigenvalue weighted by atomic mass is 10.2. The molecule has 0 heterocycles. The molecule has 0 radical (unpaired) electrons. The normalized spacial score (nSPS) is 12.7. The quantitative estimate of drug-likeness (QED) is 0.738. The van der Waals surface area contributed by atoms with Crippen molar-refractivity contribution < 1.29 is 14.2 Å². The van der Waals surface area contributed by atoms with Crippen LogP contribution < -0.4 is 5.32 Å². The maximum Gasteiger partial charge on any atom is 0.127 e. The molecule has 0 amide bonds. The lowest BCUT2D eigenvalue weighted by Gasteiger charge is -2.15.